The smallest absolute Gasteiger partial charge is 0.220 e. The molecule has 2 atom stereocenters. The summed E-state index contributed by atoms with van der Waals surface area (Å²) in [6.45, 7) is 2.12. The van der Waals surface area contributed by atoms with Crippen LogP contribution in [0.15, 0.2) is 0 Å². The second kappa shape index (κ2) is 3.04. The molecule has 2 N–H and O–H groups in total. The Morgan fingerprint density at radius 2 is 2.00 bits per heavy atom. The zero-order valence-electron chi connectivity index (χ0n) is 6.47. The van der Waals surface area contributed by atoms with Crippen LogP contribution >= 0.6 is 0 Å². The lowest BCUT2D eigenvalue weighted by Gasteiger charge is -2.25. The van der Waals surface area contributed by atoms with Crippen molar-refractivity contribution in [3.63, 3.8) is 0 Å². The molecule has 1 saturated carbocycles. The summed E-state index contributed by atoms with van der Waals surface area (Å²) in [5.41, 5.74) is 5.22. The van der Waals surface area contributed by atoms with Gasteiger partial charge in [-0.3, -0.25) is 4.79 Å². The van der Waals surface area contributed by atoms with Crippen LogP contribution in [0, 0.1) is 11.8 Å². The quantitative estimate of drug-likeness (QED) is 0.587. The average Bonchev–Trinajstić information content (AvgIpc) is 1.88. The first-order chi connectivity index (χ1) is 4.72. The highest BCUT2D eigenvalue weighted by Gasteiger charge is 2.25. The third-order valence-electron chi connectivity index (χ3n) is 2.48. The maximum absolute atomic E-state index is 10.8. The summed E-state index contributed by atoms with van der Waals surface area (Å²) in [5, 5.41) is 0. The van der Waals surface area contributed by atoms with E-state index in [1.807, 2.05) is 0 Å². The van der Waals surface area contributed by atoms with Gasteiger partial charge in [0.05, 0.1) is 0 Å². The number of hydrogen-bond acceptors (Lipinski definition) is 1. The lowest BCUT2D eigenvalue weighted by molar-refractivity contribution is -0.124. The van der Waals surface area contributed by atoms with E-state index >= 15 is 0 Å². The molecule has 0 radical (unpaired) electrons. The van der Waals surface area contributed by atoms with Crippen molar-refractivity contribution in [2.24, 2.45) is 17.6 Å². The lowest BCUT2D eigenvalue weighted by Crippen LogP contribution is -2.30. The van der Waals surface area contributed by atoms with Crippen LogP contribution in [0.2, 0.25) is 0 Å². The van der Waals surface area contributed by atoms with E-state index in [2.05, 4.69) is 6.92 Å². The van der Waals surface area contributed by atoms with Crippen LogP contribution in [0.25, 0.3) is 0 Å². The van der Waals surface area contributed by atoms with Gasteiger partial charge in [0.15, 0.2) is 0 Å². The van der Waals surface area contributed by atoms with E-state index < -0.39 is 0 Å². The van der Waals surface area contributed by atoms with Crippen molar-refractivity contribution in [2.45, 2.75) is 32.6 Å². The summed E-state index contributed by atoms with van der Waals surface area (Å²) in [5.74, 6) is 0.576. The largest absolute Gasteiger partial charge is 0.369 e. The zero-order chi connectivity index (χ0) is 7.56. The molecule has 1 aliphatic rings. The topological polar surface area (TPSA) is 43.1 Å². The van der Waals surface area contributed by atoms with E-state index in [4.69, 9.17) is 5.73 Å². The predicted octanol–water partition coefficient (Wildman–Crippen LogP) is 1.30. The number of rotatable bonds is 1. The summed E-state index contributed by atoms with van der Waals surface area (Å²) >= 11 is 0. The standard InChI is InChI=1S/C8H15NO/c1-6-4-2-3-5-7(6)8(9)10/h6-7H,2-5H2,1H3,(H2,9,10)/t6-,7?/m1/s1. The van der Waals surface area contributed by atoms with Crippen LogP contribution < -0.4 is 5.73 Å². The minimum Gasteiger partial charge on any atom is -0.369 e. The van der Waals surface area contributed by atoms with Crippen LogP contribution in [0.3, 0.4) is 0 Å². The van der Waals surface area contributed by atoms with Gasteiger partial charge < -0.3 is 5.73 Å². The number of primary amides is 1. The minimum absolute atomic E-state index is 0.104. The molecule has 1 unspecified atom stereocenters. The number of hydrogen-bond donors (Lipinski definition) is 1. The normalized spacial score (nSPS) is 33.7. The van der Waals surface area contributed by atoms with E-state index in [0.717, 1.165) is 6.42 Å². The molecule has 0 aromatic heterocycles. The van der Waals surface area contributed by atoms with Crippen LogP contribution in [-0.2, 0) is 4.79 Å². The summed E-state index contributed by atoms with van der Waals surface area (Å²) in [4.78, 5) is 10.8. The summed E-state index contributed by atoms with van der Waals surface area (Å²) in [7, 11) is 0. The average molecular weight is 141 g/mol. The Labute approximate surface area is 61.8 Å². The number of carbonyl (C=O) groups is 1. The molecule has 0 heterocycles. The molecule has 1 fully saturated rings. The van der Waals surface area contributed by atoms with Crippen molar-refractivity contribution in [1.29, 1.82) is 0 Å². The number of amides is 1. The molecular formula is C8H15NO. The SMILES string of the molecule is C[C@@H]1CCCCC1C(N)=O. The minimum atomic E-state index is -0.104. The molecule has 0 aromatic rings. The van der Waals surface area contributed by atoms with Crippen LogP contribution in [0.5, 0.6) is 0 Å². The molecule has 0 aromatic carbocycles. The summed E-state index contributed by atoms with van der Waals surface area (Å²) in [6, 6.07) is 0. The molecule has 1 rings (SSSR count). The first kappa shape index (κ1) is 7.58. The molecule has 58 valence electrons. The first-order valence-corrected chi connectivity index (χ1v) is 4.01. The van der Waals surface area contributed by atoms with Gasteiger partial charge in [-0.2, -0.15) is 0 Å². The van der Waals surface area contributed by atoms with Gasteiger partial charge in [-0.05, 0) is 18.8 Å². The van der Waals surface area contributed by atoms with Gasteiger partial charge in [0, 0.05) is 5.92 Å². The molecule has 2 heteroatoms. The Morgan fingerprint density at radius 3 is 2.40 bits per heavy atom. The van der Waals surface area contributed by atoms with Crippen molar-refractivity contribution >= 4 is 5.91 Å². The second-order valence-electron chi connectivity index (χ2n) is 3.27. The van der Waals surface area contributed by atoms with Gasteiger partial charge in [-0.25, -0.2) is 0 Å². The van der Waals surface area contributed by atoms with E-state index in [0.29, 0.717) is 5.92 Å². The van der Waals surface area contributed by atoms with Crippen LogP contribution in [-0.4, -0.2) is 5.91 Å². The fourth-order valence-corrected chi connectivity index (χ4v) is 1.74. The number of nitrogens with two attached hydrogens (primary N) is 1. The van der Waals surface area contributed by atoms with Crippen molar-refractivity contribution < 1.29 is 4.79 Å². The molecule has 0 aliphatic heterocycles. The van der Waals surface area contributed by atoms with E-state index in [9.17, 15) is 4.79 Å². The third-order valence-corrected chi connectivity index (χ3v) is 2.48. The van der Waals surface area contributed by atoms with Gasteiger partial charge in [-0.1, -0.05) is 19.8 Å². The van der Waals surface area contributed by atoms with Gasteiger partial charge in [0.25, 0.3) is 0 Å². The molecular weight excluding hydrogens is 126 g/mol. The molecule has 1 amide bonds. The van der Waals surface area contributed by atoms with Gasteiger partial charge in [-0.15, -0.1) is 0 Å². The van der Waals surface area contributed by atoms with E-state index in [1.165, 1.54) is 19.3 Å². The van der Waals surface area contributed by atoms with Gasteiger partial charge in [0.2, 0.25) is 5.91 Å². The zero-order valence-corrected chi connectivity index (χ0v) is 6.47. The summed E-state index contributed by atoms with van der Waals surface area (Å²) in [6.07, 6.45) is 4.63. The molecule has 0 saturated heterocycles. The Bertz CT molecular complexity index is 133. The maximum atomic E-state index is 10.8. The molecule has 0 bridgehead atoms. The van der Waals surface area contributed by atoms with Crippen LogP contribution in [0.1, 0.15) is 32.6 Å². The highest BCUT2D eigenvalue weighted by atomic mass is 16.1. The molecule has 0 spiro atoms. The maximum Gasteiger partial charge on any atom is 0.220 e. The second-order valence-corrected chi connectivity index (χ2v) is 3.27. The van der Waals surface area contributed by atoms with Gasteiger partial charge in [0.1, 0.15) is 0 Å². The first-order valence-electron chi connectivity index (χ1n) is 4.01. The van der Waals surface area contributed by atoms with E-state index in [1.54, 1.807) is 0 Å². The highest BCUT2D eigenvalue weighted by Crippen LogP contribution is 2.28. The summed E-state index contributed by atoms with van der Waals surface area (Å²) < 4.78 is 0. The number of carbonyl (C=O) groups excluding carboxylic acids is 1. The Kier molecular flexibility index (Phi) is 2.30. The van der Waals surface area contributed by atoms with E-state index in [-0.39, 0.29) is 11.8 Å². The van der Waals surface area contributed by atoms with Crippen molar-refractivity contribution in [3.8, 4) is 0 Å². The van der Waals surface area contributed by atoms with Crippen molar-refractivity contribution in [3.05, 3.63) is 0 Å². The van der Waals surface area contributed by atoms with Crippen LogP contribution in [0.4, 0.5) is 0 Å². The predicted molar refractivity (Wildman–Crippen MR) is 40.3 cm³/mol. The van der Waals surface area contributed by atoms with Crippen molar-refractivity contribution in [1.82, 2.24) is 0 Å². The van der Waals surface area contributed by atoms with Gasteiger partial charge >= 0.3 is 0 Å². The Balaban J connectivity index is 2.47. The Hall–Kier alpha value is -0.530. The van der Waals surface area contributed by atoms with Crippen molar-refractivity contribution in [2.75, 3.05) is 0 Å². The fraction of sp³-hybridized carbons (Fsp3) is 0.875. The highest BCUT2D eigenvalue weighted by molar-refractivity contribution is 5.76. The monoisotopic (exact) mass is 141 g/mol. The molecule has 1 aliphatic carbocycles. The third kappa shape index (κ3) is 1.49. The fourth-order valence-electron chi connectivity index (χ4n) is 1.74. The molecule has 2 nitrogen and oxygen atoms in total. The Morgan fingerprint density at radius 1 is 1.40 bits per heavy atom. The lowest BCUT2D eigenvalue weighted by atomic mass is 9.80. The molecule has 10 heavy (non-hydrogen) atoms.